The maximum absolute atomic E-state index is 12.7. The lowest BCUT2D eigenvalue weighted by Crippen LogP contribution is -2.30. The van der Waals surface area contributed by atoms with Crippen molar-refractivity contribution >= 4 is 77.8 Å². The van der Waals surface area contributed by atoms with Gasteiger partial charge in [-0.05, 0) is 24.3 Å². The van der Waals surface area contributed by atoms with Crippen molar-refractivity contribution in [3.05, 3.63) is 60.7 Å². The van der Waals surface area contributed by atoms with Gasteiger partial charge in [0.25, 0.3) is 0 Å². The molecule has 3 heterocycles. The summed E-state index contributed by atoms with van der Waals surface area (Å²) in [5.74, 6) is 1.11. The van der Waals surface area contributed by atoms with Gasteiger partial charge in [-0.25, -0.2) is 19.9 Å². The number of benzene rings is 2. The fraction of sp³-hybridized carbons (Fsp3) is 0.167. The highest BCUT2D eigenvalue weighted by molar-refractivity contribution is 7.87. The maximum atomic E-state index is 12.7. The van der Waals surface area contributed by atoms with Crippen molar-refractivity contribution in [2.45, 2.75) is 20.1 Å². The molecule has 0 N–H and O–H groups in total. The summed E-state index contributed by atoms with van der Waals surface area (Å²) in [5.41, 5.74) is 1.28. The summed E-state index contributed by atoms with van der Waals surface area (Å²) >= 11 is 0. The van der Waals surface area contributed by atoms with Crippen LogP contribution >= 0.6 is 0 Å². The number of fused-ring (bicyclic) bond motifs is 2. The van der Waals surface area contributed by atoms with Gasteiger partial charge < -0.3 is 0 Å². The Morgan fingerprint density at radius 3 is 0.895 bits per heavy atom. The number of hydrogen-bond donors (Lipinski definition) is 0. The summed E-state index contributed by atoms with van der Waals surface area (Å²) in [6.07, 6.45) is 5.80. The quantitative estimate of drug-likeness (QED) is 0.292. The number of aromatic nitrogens is 4. The van der Waals surface area contributed by atoms with E-state index in [2.05, 4.69) is 0 Å². The Hall–Kier alpha value is -3.20. The Bertz CT molecular complexity index is 1450. The second kappa shape index (κ2) is 10.5. The molecule has 0 aliphatic carbocycles. The number of para-hydroxylation sites is 2. The highest BCUT2D eigenvalue weighted by Crippen LogP contribution is 2.51. The summed E-state index contributed by atoms with van der Waals surface area (Å²) in [5, 5.41) is 0.335. The molecule has 14 heteroatoms. The fourth-order valence-electron chi connectivity index (χ4n) is 3.97. The molecule has 196 valence electrons. The first kappa shape index (κ1) is 26.4. The van der Waals surface area contributed by atoms with Gasteiger partial charge in [0.1, 0.15) is 0 Å². The van der Waals surface area contributed by atoms with Crippen molar-refractivity contribution in [1.82, 2.24) is 19.9 Å². The van der Waals surface area contributed by atoms with Crippen LogP contribution in [0.3, 0.4) is 0 Å². The molecule has 5 rings (SSSR count). The third-order valence-corrected chi connectivity index (χ3v) is 9.14. The topological polar surface area (TPSA) is 126 Å². The minimum absolute atomic E-state index is 0.0838. The predicted octanol–water partition coefficient (Wildman–Crippen LogP) is 3.47. The maximum Gasteiger partial charge on any atom is 0.184 e. The second-order valence-corrected chi connectivity index (χ2v) is 13.3. The Morgan fingerprint density at radius 1 is 0.447 bits per heavy atom. The molecule has 2 aromatic heterocycles. The molecule has 4 atom stereocenters. The lowest BCUT2D eigenvalue weighted by Gasteiger charge is -2.37. The minimum Gasteiger partial charge on any atom is -0.273 e. The lowest BCUT2D eigenvalue weighted by molar-refractivity contribution is 0.665. The molecule has 0 saturated carbocycles. The number of hydrogen-bond acceptors (Lipinski definition) is 10. The van der Waals surface area contributed by atoms with Gasteiger partial charge in [0.2, 0.25) is 0 Å². The predicted molar refractivity (Wildman–Crippen MR) is 150 cm³/mol. The zero-order valence-corrected chi connectivity index (χ0v) is 24.0. The average Bonchev–Trinajstić information content (AvgIpc) is 2.90. The third kappa shape index (κ3) is 4.61. The van der Waals surface area contributed by atoms with Crippen molar-refractivity contribution in [2.24, 2.45) is 0 Å². The van der Waals surface area contributed by atoms with E-state index in [0.717, 1.165) is 0 Å². The summed E-state index contributed by atoms with van der Waals surface area (Å²) in [7, 11) is -6.41. The lowest BCUT2D eigenvalue weighted by atomic mass is 10.2. The first-order valence-electron chi connectivity index (χ1n) is 11.1. The van der Waals surface area contributed by atoms with Gasteiger partial charge >= 0.3 is 0 Å². The van der Waals surface area contributed by atoms with Gasteiger partial charge in [-0.15, -0.1) is 0 Å². The van der Waals surface area contributed by atoms with Crippen LogP contribution in [0.25, 0.3) is 0 Å². The Balaban J connectivity index is 1.96. The van der Waals surface area contributed by atoms with E-state index in [1.165, 1.54) is 25.0 Å². The number of anilines is 6. The van der Waals surface area contributed by atoms with Crippen molar-refractivity contribution in [3.8, 4) is 0 Å². The summed E-state index contributed by atoms with van der Waals surface area (Å²) < 4.78 is 50.8. The molecule has 0 radical (unpaired) electrons. The van der Waals surface area contributed by atoms with Crippen LogP contribution in [0.2, 0.25) is 0 Å². The van der Waals surface area contributed by atoms with Crippen LogP contribution in [0.5, 0.6) is 0 Å². The number of nitrogens with zero attached hydrogens (tertiary/aromatic N) is 6. The van der Waals surface area contributed by atoms with Gasteiger partial charge in [-0.2, -0.15) is 0 Å². The largest absolute Gasteiger partial charge is 0.273 e. The first-order valence-corrected chi connectivity index (χ1v) is 17.3. The molecule has 4 unspecified atom stereocenters. The van der Waals surface area contributed by atoms with Crippen LogP contribution < -0.4 is 9.80 Å². The van der Waals surface area contributed by atoms with Gasteiger partial charge in [0.05, 0.1) is 43.2 Å². The SMILES string of the molecule is CS(=O)c1nc2c(nc1S(C)=O)N(c1ccccc1)c1nc(S(C)=O)c(S(C)=O)nc1N2c1ccccc1. The van der Waals surface area contributed by atoms with Crippen LogP contribution in [0.1, 0.15) is 0 Å². The molecule has 0 fully saturated rings. The normalized spacial score (nSPS) is 15.8. The molecule has 4 aromatic rings. The Kier molecular flexibility index (Phi) is 7.31. The van der Waals surface area contributed by atoms with E-state index in [9.17, 15) is 16.8 Å². The van der Waals surface area contributed by atoms with E-state index in [1.54, 1.807) is 9.80 Å². The van der Waals surface area contributed by atoms with Crippen LogP contribution in [0, 0.1) is 0 Å². The molecular weight excluding hydrogens is 565 g/mol. The van der Waals surface area contributed by atoms with E-state index in [0.29, 0.717) is 11.4 Å². The van der Waals surface area contributed by atoms with Crippen molar-refractivity contribution < 1.29 is 16.8 Å². The van der Waals surface area contributed by atoms with E-state index in [1.807, 2.05) is 60.7 Å². The standard InChI is InChI=1S/C24H22N6O4S4/c1-35(31)21-22(36(2)32)26-18-17(25-21)29(15-11-7-5-8-12-15)19-20(30(18)16-13-9-6-10-14-16)28-24(38(4)34)23(27-19)37(3)33/h5-14H,1-4H3. The number of rotatable bonds is 6. The molecule has 1 aliphatic heterocycles. The monoisotopic (exact) mass is 586 g/mol. The average molecular weight is 587 g/mol. The molecule has 38 heavy (non-hydrogen) atoms. The van der Waals surface area contributed by atoms with Crippen LogP contribution in [-0.4, -0.2) is 61.8 Å². The Labute approximate surface area is 229 Å². The van der Waals surface area contributed by atoms with E-state index in [-0.39, 0.29) is 43.4 Å². The van der Waals surface area contributed by atoms with Crippen molar-refractivity contribution in [2.75, 3.05) is 34.8 Å². The molecular formula is C24H22N6O4S4. The van der Waals surface area contributed by atoms with Gasteiger partial charge in [-0.3, -0.25) is 26.6 Å². The molecule has 10 nitrogen and oxygen atoms in total. The van der Waals surface area contributed by atoms with Gasteiger partial charge in [-0.1, -0.05) is 36.4 Å². The fourth-order valence-corrected chi connectivity index (χ4v) is 7.40. The van der Waals surface area contributed by atoms with E-state index >= 15 is 0 Å². The summed E-state index contributed by atoms with van der Waals surface area (Å²) in [6, 6.07) is 18.4. The third-order valence-electron chi connectivity index (χ3n) is 5.56. The highest BCUT2D eigenvalue weighted by atomic mass is 32.2. The summed E-state index contributed by atoms with van der Waals surface area (Å²) in [6.45, 7) is 0. The van der Waals surface area contributed by atoms with Crippen molar-refractivity contribution in [1.29, 1.82) is 0 Å². The molecule has 0 spiro atoms. The first-order chi connectivity index (χ1) is 18.2. The Morgan fingerprint density at radius 2 is 0.684 bits per heavy atom. The molecule has 0 amide bonds. The molecule has 0 bridgehead atoms. The van der Waals surface area contributed by atoms with E-state index < -0.39 is 43.2 Å². The van der Waals surface area contributed by atoms with Crippen LogP contribution in [-0.2, 0) is 43.2 Å². The highest BCUT2D eigenvalue weighted by Gasteiger charge is 2.39. The van der Waals surface area contributed by atoms with Crippen molar-refractivity contribution in [3.63, 3.8) is 0 Å². The van der Waals surface area contributed by atoms with Crippen LogP contribution in [0.15, 0.2) is 80.8 Å². The minimum atomic E-state index is -1.60. The van der Waals surface area contributed by atoms with Crippen LogP contribution in [0.4, 0.5) is 34.6 Å². The summed E-state index contributed by atoms with van der Waals surface area (Å²) in [4.78, 5) is 22.3. The van der Waals surface area contributed by atoms with Gasteiger partial charge in [0, 0.05) is 36.4 Å². The molecule has 2 aromatic carbocycles. The molecule has 0 saturated heterocycles. The smallest absolute Gasteiger partial charge is 0.184 e. The zero-order chi connectivity index (χ0) is 27.1. The van der Waals surface area contributed by atoms with Gasteiger partial charge in [0.15, 0.2) is 43.4 Å². The second-order valence-electron chi connectivity index (χ2n) is 8.12. The zero-order valence-electron chi connectivity index (χ0n) is 20.7. The van der Waals surface area contributed by atoms with E-state index in [4.69, 9.17) is 19.9 Å². The molecule has 1 aliphatic rings.